The molecule has 0 spiro atoms. The number of carbonyl (C=O) groups excluding carboxylic acids is 1. The van der Waals surface area contributed by atoms with E-state index in [0.717, 1.165) is 6.07 Å². The molecule has 110 valence electrons. The minimum atomic E-state index is -2.80. The molecule has 0 saturated heterocycles. The molecule has 0 heterocycles. The van der Waals surface area contributed by atoms with E-state index in [0.29, 0.717) is 5.56 Å². The van der Waals surface area contributed by atoms with Crippen molar-refractivity contribution in [1.29, 1.82) is 0 Å². The lowest BCUT2D eigenvalue weighted by Gasteiger charge is -2.11. The van der Waals surface area contributed by atoms with Crippen molar-refractivity contribution in [2.75, 3.05) is 7.11 Å². The minimum Gasteiger partial charge on any atom is -0.479 e. The number of hydrogen-bond donors (Lipinski definition) is 2. The highest BCUT2D eigenvalue weighted by molar-refractivity contribution is 5.74. The quantitative estimate of drug-likeness (QED) is 0.780. The van der Waals surface area contributed by atoms with Gasteiger partial charge in [0.1, 0.15) is 0 Å². The van der Waals surface area contributed by atoms with Crippen molar-refractivity contribution >= 4 is 11.9 Å². The number of carboxylic acids is 1. The van der Waals surface area contributed by atoms with E-state index in [1.807, 2.05) is 0 Å². The van der Waals surface area contributed by atoms with Crippen LogP contribution in [0.4, 0.5) is 8.78 Å². The van der Waals surface area contributed by atoms with E-state index >= 15 is 0 Å². The fraction of sp³-hybridized carbons (Fsp3) is 0.385. The van der Waals surface area contributed by atoms with Crippen LogP contribution in [0.1, 0.15) is 35.6 Å². The van der Waals surface area contributed by atoms with Crippen LogP contribution < -0.4 is 0 Å². The molecule has 0 aliphatic rings. The molecule has 5 nitrogen and oxygen atoms in total. The molecule has 0 radical (unpaired) electrons. The third-order valence-corrected chi connectivity index (χ3v) is 2.68. The maximum Gasteiger partial charge on any atom is 0.337 e. The Morgan fingerprint density at radius 1 is 1.25 bits per heavy atom. The highest BCUT2D eigenvalue weighted by Gasteiger charge is 2.19. The number of ether oxygens (including phenoxy) is 1. The molecule has 2 N–H and O–H groups in total. The average Bonchev–Trinajstić information content (AvgIpc) is 2.43. The number of methoxy groups -OCH3 is 1. The Morgan fingerprint density at radius 2 is 1.85 bits per heavy atom. The van der Waals surface area contributed by atoms with Gasteiger partial charge in [0, 0.05) is 12.0 Å². The van der Waals surface area contributed by atoms with Crippen molar-refractivity contribution in [2.45, 2.75) is 25.4 Å². The Balaban J connectivity index is 3.04. The second-order valence-corrected chi connectivity index (χ2v) is 4.13. The first-order valence-electron chi connectivity index (χ1n) is 5.74. The Morgan fingerprint density at radius 3 is 2.35 bits per heavy atom. The van der Waals surface area contributed by atoms with E-state index in [1.165, 1.54) is 19.2 Å². The highest BCUT2D eigenvalue weighted by atomic mass is 19.3. The number of halogens is 2. The third kappa shape index (κ3) is 4.27. The molecule has 1 rings (SSSR count). The number of aryl methyl sites for hydroxylation is 1. The monoisotopic (exact) mass is 288 g/mol. The molecule has 1 aromatic carbocycles. The standard InChI is InChI=1S/C13H14F2O5/c1-20-10(16)3-2-7-4-8(11(17)13(18)19)6-9(5-7)12(14)15/h4-6,11-12,17H,2-3H2,1H3,(H,18,19). The Labute approximate surface area is 113 Å². The summed E-state index contributed by atoms with van der Waals surface area (Å²) < 4.78 is 29.9. The number of aliphatic hydroxyl groups is 1. The summed E-state index contributed by atoms with van der Waals surface area (Å²) in [6, 6.07) is 3.39. The molecule has 1 aromatic rings. The van der Waals surface area contributed by atoms with E-state index < -0.39 is 30.0 Å². The van der Waals surface area contributed by atoms with Gasteiger partial charge in [0.25, 0.3) is 6.43 Å². The summed E-state index contributed by atoms with van der Waals surface area (Å²) in [5.74, 6) is -2.04. The van der Waals surface area contributed by atoms with Crippen LogP contribution in [0.2, 0.25) is 0 Å². The molecule has 7 heteroatoms. The maximum atomic E-state index is 12.7. The van der Waals surface area contributed by atoms with Crippen LogP contribution in [0.25, 0.3) is 0 Å². The normalized spacial score (nSPS) is 12.2. The number of aliphatic hydroxyl groups excluding tert-OH is 1. The smallest absolute Gasteiger partial charge is 0.337 e. The highest BCUT2D eigenvalue weighted by Crippen LogP contribution is 2.25. The van der Waals surface area contributed by atoms with Gasteiger partial charge < -0.3 is 14.9 Å². The number of alkyl halides is 2. The zero-order chi connectivity index (χ0) is 15.3. The van der Waals surface area contributed by atoms with Gasteiger partial charge in [0.2, 0.25) is 0 Å². The maximum absolute atomic E-state index is 12.7. The first kappa shape index (κ1) is 16.0. The van der Waals surface area contributed by atoms with Crippen molar-refractivity contribution in [1.82, 2.24) is 0 Å². The number of benzene rings is 1. The summed E-state index contributed by atoms with van der Waals surface area (Å²) in [5, 5.41) is 18.1. The number of rotatable bonds is 6. The molecule has 1 unspecified atom stereocenters. The lowest BCUT2D eigenvalue weighted by atomic mass is 9.99. The van der Waals surface area contributed by atoms with E-state index in [1.54, 1.807) is 0 Å². The molecule has 0 amide bonds. The van der Waals surface area contributed by atoms with E-state index in [9.17, 15) is 23.5 Å². The Bertz CT molecular complexity index is 502. The van der Waals surface area contributed by atoms with E-state index in [2.05, 4.69) is 4.74 Å². The second kappa shape index (κ2) is 6.95. The van der Waals surface area contributed by atoms with E-state index in [-0.39, 0.29) is 18.4 Å². The zero-order valence-corrected chi connectivity index (χ0v) is 10.7. The first-order valence-corrected chi connectivity index (χ1v) is 5.74. The van der Waals surface area contributed by atoms with Gasteiger partial charge in [-0.1, -0.05) is 12.1 Å². The first-order chi connectivity index (χ1) is 9.35. The van der Waals surface area contributed by atoms with Crippen LogP contribution in [-0.4, -0.2) is 29.3 Å². The number of esters is 1. The molecule has 0 aliphatic heterocycles. The fourth-order valence-electron chi connectivity index (χ4n) is 1.66. The van der Waals surface area contributed by atoms with Gasteiger partial charge in [-0.05, 0) is 23.6 Å². The van der Waals surface area contributed by atoms with Crippen LogP contribution in [-0.2, 0) is 20.7 Å². The number of carbonyl (C=O) groups is 2. The molecule has 1 atom stereocenters. The van der Waals surface area contributed by atoms with Crippen LogP contribution in [0.3, 0.4) is 0 Å². The predicted molar refractivity (Wildman–Crippen MR) is 64.3 cm³/mol. The van der Waals surface area contributed by atoms with Gasteiger partial charge in [0.05, 0.1) is 7.11 Å². The number of aliphatic carboxylic acids is 1. The summed E-state index contributed by atoms with van der Waals surface area (Å²) in [6.07, 6.45) is -4.59. The van der Waals surface area contributed by atoms with Crippen LogP contribution in [0.5, 0.6) is 0 Å². The van der Waals surface area contributed by atoms with Crippen molar-refractivity contribution in [3.05, 3.63) is 34.9 Å². The van der Waals surface area contributed by atoms with Crippen molar-refractivity contribution in [3.63, 3.8) is 0 Å². The summed E-state index contributed by atoms with van der Waals surface area (Å²) >= 11 is 0. The molecule has 0 fully saturated rings. The van der Waals surface area contributed by atoms with Gasteiger partial charge in [-0.15, -0.1) is 0 Å². The summed E-state index contributed by atoms with van der Waals surface area (Å²) in [4.78, 5) is 21.7. The van der Waals surface area contributed by atoms with Crippen molar-refractivity contribution < 1.29 is 33.3 Å². The molecule has 0 aromatic heterocycles. The van der Waals surface area contributed by atoms with Gasteiger partial charge >= 0.3 is 11.9 Å². The SMILES string of the molecule is COC(=O)CCc1cc(C(F)F)cc(C(O)C(=O)O)c1. The Kier molecular flexibility index (Phi) is 5.57. The number of carboxylic acid groups (broad SMARTS) is 1. The molecule has 20 heavy (non-hydrogen) atoms. The zero-order valence-electron chi connectivity index (χ0n) is 10.7. The lowest BCUT2D eigenvalue weighted by molar-refractivity contribution is -0.147. The van der Waals surface area contributed by atoms with Crippen LogP contribution in [0, 0.1) is 0 Å². The average molecular weight is 288 g/mol. The number of hydrogen-bond acceptors (Lipinski definition) is 4. The van der Waals surface area contributed by atoms with E-state index in [4.69, 9.17) is 5.11 Å². The van der Waals surface area contributed by atoms with Gasteiger partial charge in [-0.3, -0.25) is 4.79 Å². The Hall–Kier alpha value is -2.02. The van der Waals surface area contributed by atoms with Crippen molar-refractivity contribution in [2.24, 2.45) is 0 Å². The van der Waals surface area contributed by atoms with Gasteiger partial charge in [-0.25, -0.2) is 13.6 Å². The third-order valence-electron chi connectivity index (χ3n) is 2.68. The fourth-order valence-corrected chi connectivity index (χ4v) is 1.66. The lowest BCUT2D eigenvalue weighted by Crippen LogP contribution is -2.11. The van der Waals surface area contributed by atoms with Crippen molar-refractivity contribution in [3.8, 4) is 0 Å². The molecule has 0 bridgehead atoms. The topological polar surface area (TPSA) is 83.8 Å². The van der Waals surface area contributed by atoms with Gasteiger partial charge in [0.15, 0.2) is 6.10 Å². The second-order valence-electron chi connectivity index (χ2n) is 4.13. The minimum absolute atomic E-state index is 0.0220. The summed E-state index contributed by atoms with van der Waals surface area (Å²) in [6.45, 7) is 0. The molecule has 0 saturated carbocycles. The van der Waals surface area contributed by atoms with Crippen LogP contribution in [0.15, 0.2) is 18.2 Å². The van der Waals surface area contributed by atoms with Gasteiger partial charge in [-0.2, -0.15) is 0 Å². The molecule has 0 aliphatic carbocycles. The molecular weight excluding hydrogens is 274 g/mol. The molecular formula is C13H14F2O5. The summed E-state index contributed by atoms with van der Waals surface area (Å²) in [5.41, 5.74) is -0.207. The summed E-state index contributed by atoms with van der Waals surface area (Å²) in [7, 11) is 1.21. The largest absolute Gasteiger partial charge is 0.479 e. The predicted octanol–water partition coefficient (Wildman–Crippen LogP) is 1.85. The van der Waals surface area contributed by atoms with Crippen LogP contribution >= 0.6 is 0 Å².